The maximum Gasteiger partial charge on any atom is 0.258 e. The first-order valence-electron chi connectivity index (χ1n) is 8.08. The standard InChI is InChI=1S/C19H20FN3O2/c1-3-4-9-23-13(2)17(11-24)16-10-21-22-19(18(16)23)25-12-14-5-7-15(20)8-6-14/h3-8,10,24H,9,11-12H2,1-2H3. The van der Waals surface area contributed by atoms with Crippen molar-refractivity contribution in [2.45, 2.75) is 33.6 Å². The van der Waals surface area contributed by atoms with Crippen LogP contribution in [0.2, 0.25) is 0 Å². The Balaban J connectivity index is 2.00. The first-order chi connectivity index (χ1) is 12.2. The van der Waals surface area contributed by atoms with Gasteiger partial charge in [0, 0.05) is 23.2 Å². The Hall–Kier alpha value is -2.73. The molecule has 0 bridgehead atoms. The van der Waals surface area contributed by atoms with Crippen molar-refractivity contribution in [1.82, 2.24) is 14.8 Å². The van der Waals surface area contributed by atoms with Gasteiger partial charge in [-0.25, -0.2) is 4.39 Å². The highest BCUT2D eigenvalue weighted by Gasteiger charge is 2.18. The smallest absolute Gasteiger partial charge is 0.258 e. The van der Waals surface area contributed by atoms with Crippen LogP contribution in [-0.2, 0) is 19.8 Å². The summed E-state index contributed by atoms with van der Waals surface area (Å²) in [6.45, 7) is 4.75. The molecule has 2 heterocycles. The van der Waals surface area contributed by atoms with E-state index in [2.05, 4.69) is 14.8 Å². The summed E-state index contributed by atoms with van der Waals surface area (Å²) in [5.41, 5.74) is 3.42. The van der Waals surface area contributed by atoms with Gasteiger partial charge in [-0.15, -0.1) is 5.10 Å². The number of hydrogen-bond acceptors (Lipinski definition) is 4. The number of aromatic nitrogens is 3. The van der Waals surface area contributed by atoms with E-state index in [0.29, 0.717) is 12.4 Å². The number of rotatable bonds is 6. The van der Waals surface area contributed by atoms with Crippen LogP contribution < -0.4 is 4.74 Å². The van der Waals surface area contributed by atoms with E-state index < -0.39 is 0 Å². The van der Waals surface area contributed by atoms with E-state index in [4.69, 9.17) is 4.74 Å². The molecular weight excluding hydrogens is 321 g/mol. The highest BCUT2D eigenvalue weighted by Crippen LogP contribution is 2.31. The van der Waals surface area contributed by atoms with Gasteiger partial charge >= 0.3 is 0 Å². The zero-order valence-corrected chi connectivity index (χ0v) is 14.2. The first-order valence-corrected chi connectivity index (χ1v) is 8.08. The van der Waals surface area contributed by atoms with E-state index >= 15 is 0 Å². The fourth-order valence-electron chi connectivity index (χ4n) is 2.84. The van der Waals surface area contributed by atoms with Crippen molar-refractivity contribution in [3.63, 3.8) is 0 Å². The third-order valence-electron chi connectivity index (χ3n) is 4.20. The second kappa shape index (κ2) is 7.44. The van der Waals surface area contributed by atoms with Crippen LogP contribution in [0.1, 0.15) is 23.7 Å². The van der Waals surface area contributed by atoms with Crippen LogP contribution in [-0.4, -0.2) is 19.9 Å². The molecule has 0 saturated carbocycles. The molecule has 3 rings (SSSR count). The topological polar surface area (TPSA) is 60.2 Å². The Morgan fingerprint density at radius 2 is 2.04 bits per heavy atom. The Morgan fingerprint density at radius 3 is 2.72 bits per heavy atom. The van der Waals surface area contributed by atoms with Crippen molar-refractivity contribution >= 4 is 10.9 Å². The number of aliphatic hydroxyl groups excluding tert-OH is 1. The number of nitrogens with zero attached hydrogens (tertiary/aromatic N) is 3. The van der Waals surface area contributed by atoms with Crippen LogP contribution in [0.3, 0.4) is 0 Å². The second-order valence-corrected chi connectivity index (χ2v) is 5.73. The molecule has 0 aliphatic heterocycles. The molecule has 0 saturated heterocycles. The average Bonchev–Trinajstić information content (AvgIpc) is 2.90. The van der Waals surface area contributed by atoms with E-state index in [1.807, 2.05) is 26.0 Å². The molecule has 0 atom stereocenters. The monoisotopic (exact) mass is 341 g/mol. The Bertz CT molecular complexity index is 901. The summed E-state index contributed by atoms with van der Waals surface area (Å²) < 4.78 is 20.9. The maximum atomic E-state index is 13.0. The van der Waals surface area contributed by atoms with Gasteiger partial charge in [-0.2, -0.15) is 5.10 Å². The largest absolute Gasteiger partial charge is 0.470 e. The van der Waals surface area contributed by atoms with Gasteiger partial charge in [0.05, 0.1) is 12.8 Å². The van der Waals surface area contributed by atoms with Crippen LogP contribution in [0.15, 0.2) is 42.6 Å². The molecule has 0 radical (unpaired) electrons. The van der Waals surface area contributed by atoms with Crippen LogP contribution in [0.25, 0.3) is 10.9 Å². The summed E-state index contributed by atoms with van der Waals surface area (Å²) in [5.74, 6) is 0.114. The fraction of sp³-hybridized carbons (Fsp3) is 0.263. The molecule has 3 aromatic rings. The van der Waals surface area contributed by atoms with Crippen molar-refractivity contribution < 1.29 is 14.2 Å². The van der Waals surface area contributed by atoms with Gasteiger partial charge in [0.15, 0.2) is 0 Å². The zero-order chi connectivity index (χ0) is 17.8. The SMILES string of the molecule is CC=CCn1c(C)c(CO)c2cnnc(OCc3ccc(F)cc3)c21. The van der Waals surface area contributed by atoms with Crippen molar-refractivity contribution in [2.24, 2.45) is 0 Å². The van der Waals surface area contributed by atoms with E-state index in [9.17, 15) is 9.50 Å². The highest BCUT2D eigenvalue weighted by atomic mass is 19.1. The van der Waals surface area contributed by atoms with Crippen molar-refractivity contribution in [2.75, 3.05) is 0 Å². The third-order valence-corrected chi connectivity index (χ3v) is 4.20. The lowest BCUT2D eigenvalue weighted by molar-refractivity contribution is 0.282. The summed E-state index contributed by atoms with van der Waals surface area (Å²) in [6.07, 6.45) is 5.64. The molecule has 6 heteroatoms. The van der Waals surface area contributed by atoms with Crippen LogP contribution in [0.4, 0.5) is 4.39 Å². The van der Waals surface area contributed by atoms with Gasteiger partial charge in [0.1, 0.15) is 17.9 Å². The van der Waals surface area contributed by atoms with E-state index in [1.54, 1.807) is 18.3 Å². The molecule has 1 aromatic carbocycles. The molecule has 0 fully saturated rings. The summed E-state index contributed by atoms with van der Waals surface area (Å²) in [4.78, 5) is 0. The Labute approximate surface area is 145 Å². The summed E-state index contributed by atoms with van der Waals surface area (Å²) >= 11 is 0. The minimum Gasteiger partial charge on any atom is -0.470 e. The van der Waals surface area contributed by atoms with Gasteiger partial charge in [-0.05, 0) is 31.5 Å². The minimum atomic E-state index is -0.283. The van der Waals surface area contributed by atoms with Crippen molar-refractivity contribution in [3.8, 4) is 5.88 Å². The molecule has 0 amide bonds. The predicted octanol–water partition coefficient (Wildman–Crippen LogP) is 3.53. The van der Waals surface area contributed by atoms with Crippen LogP contribution in [0.5, 0.6) is 5.88 Å². The van der Waals surface area contributed by atoms with Crippen molar-refractivity contribution in [3.05, 3.63) is 65.3 Å². The first kappa shape index (κ1) is 17.1. The van der Waals surface area contributed by atoms with E-state index in [0.717, 1.165) is 27.7 Å². The summed E-state index contributed by atoms with van der Waals surface area (Å²) in [5, 5.41) is 18.7. The van der Waals surface area contributed by atoms with Gasteiger partial charge in [-0.1, -0.05) is 24.3 Å². The molecule has 5 nitrogen and oxygen atoms in total. The van der Waals surface area contributed by atoms with E-state index in [-0.39, 0.29) is 19.0 Å². The highest BCUT2D eigenvalue weighted by molar-refractivity contribution is 5.88. The Morgan fingerprint density at radius 1 is 1.28 bits per heavy atom. The van der Waals surface area contributed by atoms with Gasteiger partial charge < -0.3 is 14.4 Å². The van der Waals surface area contributed by atoms with E-state index in [1.165, 1.54) is 12.1 Å². The average molecular weight is 341 g/mol. The molecule has 130 valence electrons. The van der Waals surface area contributed by atoms with Crippen LogP contribution >= 0.6 is 0 Å². The predicted molar refractivity (Wildman–Crippen MR) is 93.7 cm³/mol. The quantitative estimate of drug-likeness (QED) is 0.697. The third kappa shape index (κ3) is 3.39. The molecule has 1 N–H and O–H groups in total. The van der Waals surface area contributed by atoms with Crippen LogP contribution in [0, 0.1) is 12.7 Å². The van der Waals surface area contributed by atoms with Gasteiger partial charge in [0.2, 0.25) is 0 Å². The van der Waals surface area contributed by atoms with Gasteiger partial charge in [0.25, 0.3) is 5.88 Å². The maximum absolute atomic E-state index is 13.0. The number of fused-ring (bicyclic) bond motifs is 1. The summed E-state index contributed by atoms with van der Waals surface area (Å²) in [7, 11) is 0. The lowest BCUT2D eigenvalue weighted by Crippen LogP contribution is -2.03. The number of ether oxygens (including phenoxy) is 1. The number of aliphatic hydroxyl groups is 1. The molecular formula is C19H20FN3O2. The molecule has 0 unspecified atom stereocenters. The second-order valence-electron chi connectivity index (χ2n) is 5.73. The number of hydrogen-bond donors (Lipinski definition) is 1. The lowest BCUT2D eigenvalue weighted by atomic mass is 10.2. The van der Waals surface area contributed by atoms with Gasteiger partial charge in [-0.3, -0.25) is 0 Å². The Kier molecular flexibility index (Phi) is 5.09. The number of halogens is 1. The minimum absolute atomic E-state index is 0.0751. The zero-order valence-electron chi connectivity index (χ0n) is 14.2. The fourth-order valence-corrected chi connectivity index (χ4v) is 2.84. The molecule has 0 aliphatic carbocycles. The molecule has 0 spiro atoms. The van der Waals surface area contributed by atoms with Crippen molar-refractivity contribution in [1.29, 1.82) is 0 Å². The summed E-state index contributed by atoms with van der Waals surface area (Å²) in [6, 6.07) is 6.14. The normalized spacial score (nSPS) is 11.5. The number of allylic oxidation sites excluding steroid dienone is 2. The lowest BCUT2D eigenvalue weighted by Gasteiger charge is -2.10. The number of benzene rings is 1. The molecule has 25 heavy (non-hydrogen) atoms. The molecule has 2 aromatic heterocycles. The molecule has 0 aliphatic rings.